The molecule has 0 fully saturated rings. The molecule has 0 aromatic heterocycles. The lowest BCUT2D eigenvalue weighted by Gasteiger charge is -2.27. The van der Waals surface area contributed by atoms with Crippen LogP contribution in [0.25, 0.3) is 0 Å². The van der Waals surface area contributed by atoms with Gasteiger partial charge in [0.2, 0.25) is 17.7 Å². The van der Waals surface area contributed by atoms with Gasteiger partial charge >= 0.3 is 11.9 Å². The molecule has 0 spiro atoms. The van der Waals surface area contributed by atoms with Gasteiger partial charge in [-0.25, -0.2) is 4.79 Å². The van der Waals surface area contributed by atoms with Crippen LogP contribution < -0.4 is 21.7 Å². The van der Waals surface area contributed by atoms with Crippen molar-refractivity contribution in [2.45, 2.75) is 71.1 Å². The molecule has 0 aliphatic heterocycles. The second-order valence-electron chi connectivity index (χ2n) is 7.72. The number of carbonyl (C=O) groups excluding carboxylic acids is 3. The molecular formula is C19H34N4O8. The first-order chi connectivity index (χ1) is 14.3. The number of aliphatic carboxylic acids is 2. The number of nitrogens with one attached hydrogen (secondary N) is 3. The molecule has 31 heavy (non-hydrogen) atoms. The fourth-order valence-electron chi connectivity index (χ4n) is 2.60. The summed E-state index contributed by atoms with van der Waals surface area (Å²) in [5, 5.41) is 34.5. The van der Waals surface area contributed by atoms with E-state index in [1.54, 1.807) is 27.7 Å². The Labute approximate surface area is 180 Å². The van der Waals surface area contributed by atoms with Crippen LogP contribution in [0.4, 0.5) is 0 Å². The van der Waals surface area contributed by atoms with Crippen LogP contribution in [0.1, 0.15) is 47.0 Å². The van der Waals surface area contributed by atoms with E-state index in [1.165, 1.54) is 0 Å². The number of aliphatic hydroxyl groups is 1. The molecule has 12 nitrogen and oxygen atoms in total. The first-order valence-corrected chi connectivity index (χ1v) is 10.1. The summed E-state index contributed by atoms with van der Waals surface area (Å²) in [6.45, 7) is 5.94. The molecule has 0 saturated carbocycles. The average molecular weight is 447 g/mol. The Balaban J connectivity index is 5.18. The number of amides is 3. The number of rotatable bonds is 14. The third-order valence-corrected chi connectivity index (χ3v) is 4.85. The van der Waals surface area contributed by atoms with Gasteiger partial charge < -0.3 is 37.0 Å². The van der Waals surface area contributed by atoms with Crippen LogP contribution in [0.3, 0.4) is 0 Å². The van der Waals surface area contributed by atoms with Crippen molar-refractivity contribution in [1.82, 2.24) is 16.0 Å². The van der Waals surface area contributed by atoms with Crippen molar-refractivity contribution in [3.8, 4) is 0 Å². The summed E-state index contributed by atoms with van der Waals surface area (Å²) in [7, 11) is 0. The molecule has 5 unspecified atom stereocenters. The van der Waals surface area contributed by atoms with Gasteiger partial charge in [-0.1, -0.05) is 34.1 Å². The normalized spacial score (nSPS) is 15.8. The molecule has 0 bridgehead atoms. The van der Waals surface area contributed by atoms with E-state index in [2.05, 4.69) is 16.0 Å². The Kier molecular flexibility index (Phi) is 12.4. The molecule has 5 atom stereocenters. The van der Waals surface area contributed by atoms with Gasteiger partial charge in [0, 0.05) is 6.42 Å². The van der Waals surface area contributed by atoms with Gasteiger partial charge in [-0.3, -0.25) is 19.2 Å². The van der Waals surface area contributed by atoms with Crippen molar-refractivity contribution >= 4 is 29.7 Å². The molecule has 178 valence electrons. The van der Waals surface area contributed by atoms with Crippen molar-refractivity contribution in [2.75, 3.05) is 6.61 Å². The molecule has 8 N–H and O–H groups in total. The minimum Gasteiger partial charge on any atom is -0.481 e. The van der Waals surface area contributed by atoms with Crippen LogP contribution in [0.2, 0.25) is 0 Å². The Hall–Kier alpha value is -2.73. The van der Waals surface area contributed by atoms with Gasteiger partial charge in [-0.15, -0.1) is 0 Å². The highest BCUT2D eigenvalue weighted by Crippen LogP contribution is 2.10. The highest BCUT2D eigenvalue weighted by molar-refractivity contribution is 5.94. The second-order valence-corrected chi connectivity index (χ2v) is 7.72. The summed E-state index contributed by atoms with van der Waals surface area (Å²) in [5.74, 6) is -5.52. The van der Waals surface area contributed by atoms with E-state index in [0.29, 0.717) is 6.42 Å². The highest BCUT2D eigenvalue weighted by Gasteiger charge is 2.33. The first kappa shape index (κ1) is 28.3. The monoisotopic (exact) mass is 446 g/mol. The number of hydrogen-bond donors (Lipinski definition) is 7. The molecule has 0 rings (SSSR count). The number of carboxylic acid groups (broad SMARTS) is 2. The van der Waals surface area contributed by atoms with E-state index in [9.17, 15) is 34.2 Å². The summed E-state index contributed by atoms with van der Waals surface area (Å²) in [6.07, 6.45) is 0.00193. The number of carboxylic acids is 2. The van der Waals surface area contributed by atoms with Crippen LogP contribution in [-0.4, -0.2) is 75.8 Å². The minimum absolute atomic E-state index is 0.163. The van der Waals surface area contributed by atoms with E-state index in [4.69, 9.17) is 10.8 Å². The van der Waals surface area contributed by atoms with Crippen LogP contribution in [-0.2, 0) is 24.0 Å². The Morgan fingerprint density at radius 2 is 1.42 bits per heavy atom. The van der Waals surface area contributed by atoms with E-state index in [-0.39, 0.29) is 18.8 Å². The topological polar surface area (TPSA) is 208 Å². The quantitative estimate of drug-likeness (QED) is 0.164. The fourth-order valence-corrected chi connectivity index (χ4v) is 2.60. The second kappa shape index (κ2) is 13.5. The zero-order valence-electron chi connectivity index (χ0n) is 18.3. The lowest BCUT2D eigenvalue weighted by atomic mass is 9.97. The molecule has 0 radical (unpaired) electrons. The predicted molar refractivity (Wildman–Crippen MR) is 110 cm³/mol. The standard InChI is InChI=1S/C19H34N4O8/c1-5-10(4)15(19(30)31)23-18(29)14(9(2)3)22-17(28)12(8-24)21-16(27)11(20)6-7-13(25)26/h9-12,14-15,24H,5-8,20H2,1-4H3,(H,21,27)(H,22,28)(H,23,29)(H,25,26)(H,30,31). The zero-order valence-corrected chi connectivity index (χ0v) is 18.3. The predicted octanol–water partition coefficient (Wildman–Crippen LogP) is -1.59. The molecule has 0 aromatic rings. The fraction of sp³-hybridized carbons (Fsp3) is 0.737. The first-order valence-electron chi connectivity index (χ1n) is 10.1. The van der Waals surface area contributed by atoms with Crippen LogP contribution in [0.15, 0.2) is 0 Å². The summed E-state index contributed by atoms with van der Waals surface area (Å²) in [5.41, 5.74) is 5.58. The van der Waals surface area contributed by atoms with Gasteiger partial charge in [-0.2, -0.15) is 0 Å². The maximum atomic E-state index is 12.6. The van der Waals surface area contributed by atoms with E-state index >= 15 is 0 Å². The largest absolute Gasteiger partial charge is 0.481 e. The zero-order chi connectivity index (χ0) is 24.3. The van der Waals surface area contributed by atoms with Crippen molar-refractivity contribution in [1.29, 1.82) is 0 Å². The molecule has 0 heterocycles. The smallest absolute Gasteiger partial charge is 0.326 e. The summed E-state index contributed by atoms with van der Waals surface area (Å²) in [6, 6.07) is -4.89. The van der Waals surface area contributed by atoms with Crippen LogP contribution in [0.5, 0.6) is 0 Å². The van der Waals surface area contributed by atoms with Gasteiger partial charge in [0.05, 0.1) is 12.6 Å². The molecule has 0 aromatic carbocycles. The Bertz CT molecular complexity index is 655. The minimum atomic E-state index is -1.43. The summed E-state index contributed by atoms with van der Waals surface area (Å²) in [4.78, 5) is 59.2. The van der Waals surface area contributed by atoms with E-state index in [1.807, 2.05) is 0 Å². The van der Waals surface area contributed by atoms with Crippen molar-refractivity contribution in [3.05, 3.63) is 0 Å². The van der Waals surface area contributed by atoms with Crippen LogP contribution in [0, 0.1) is 11.8 Å². The van der Waals surface area contributed by atoms with Gasteiger partial charge in [0.15, 0.2) is 0 Å². The Morgan fingerprint density at radius 3 is 1.84 bits per heavy atom. The molecule has 0 saturated heterocycles. The van der Waals surface area contributed by atoms with Crippen molar-refractivity contribution in [2.24, 2.45) is 17.6 Å². The van der Waals surface area contributed by atoms with E-state index < -0.39 is 66.4 Å². The molecule has 0 aliphatic carbocycles. The van der Waals surface area contributed by atoms with Crippen molar-refractivity contribution in [3.63, 3.8) is 0 Å². The molecule has 12 heteroatoms. The van der Waals surface area contributed by atoms with Crippen LogP contribution >= 0.6 is 0 Å². The Morgan fingerprint density at radius 1 is 0.871 bits per heavy atom. The SMILES string of the molecule is CCC(C)C(NC(=O)C(NC(=O)C(CO)NC(=O)C(N)CCC(=O)O)C(C)C)C(=O)O. The van der Waals surface area contributed by atoms with Crippen molar-refractivity contribution < 1.29 is 39.3 Å². The number of carbonyl (C=O) groups is 5. The van der Waals surface area contributed by atoms with E-state index in [0.717, 1.165) is 0 Å². The molecule has 0 aliphatic rings. The highest BCUT2D eigenvalue weighted by atomic mass is 16.4. The maximum Gasteiger partial charge on any atom is 0.326 e. The average Bonchev–Trinajstić information content (AvgIpc) is 2.70. The number of hydrogen-bond acceptors (Lipinski definition) is 7. The third kappa shape index (κ3) is 9.75. The van der Waals surface area contributed by atoms with Gasteiger partial charge in [-0.05, 0) is 18.3 Å². The lowest BCUT2D eigenvalue weighted by Crippen LogP contribution is -2.59. The van der Waals surface area contributed by atoms with Gasteiger partial charge in [0.25, 0.3) is 0 Å². The summed E-state index contributed by atoms with van der Waals surface area (Å²) < 4.78 is 0. The third-order valence-electron chi connectivity index (χ3n) is 4.85. The molecular weight excluding hydrogens is 412 g/mol. The lowest BCUT2D eigenvalue weighted by molar-refractivity contribution is -0.144. The molecule has 3 amide bonds. The van der Waals surface area contributed by atoms with Gasteiger partial charge in [0.1, 0.15) is 18.1 Å². The summed E-state index contributed by atoms with van der Waals surface area (Å²) >= 11 is 0. The maximum absolute atomic E-state index is 12.6. The number of nitrogens with two attached hydrogens (primary N) is 1. The number of aliphatic hydroxyl groups excluding tert-OH is 1.